The van der Waals surface area contributed by atoms with E-state index in [-0.39, 0.29) is 41.3 Å². The first-order valence-corrected chi connectivity index (χ1v) is 16.2. The molecule has 13 heteroatoms. The number of allylic oxidation sites excluding steroid dienone is 2. The second kappa shape index (κ2) is 11.2. The number of phenolic OH excluding ortho intramolecular Hbond substituents is 1. The lowest BCUT2D eigenvalue weighted by atomic mass is 9.56. The zero-order valence-corrected chi connectivity index (χ0v) is 28.1. The van der Waals surface area contributed by atoms with Crippen LogP contribution in [0.5, 0.6) is 17.2 Å². The maximum absolute atomic E-state index is 14.6. The number of carbonyl (C=O) groups is 4. The van der Waals surface area contributed by atoms with Crippen molar-refractivity contribution >= 4 is 69.8 Å². The molecule has 2 heterocycles. The monoisotopic (exact) mass is 712 g/mol. The SMILES string of the molecule is COc1cc(O)cc(OC)c1[C@H]1C2=CC[C@@H]3C(=O)N(c4ccc(C)c(Cl)c4)C(=O)[C@@H]3[C@@H]2C[C@@]2(Cl)C(=O)N(c3ccc(F)cc3)C(=O)[C@@]12Cl. The number of methoxy groups -OCH3 is 2. The van der Waals surface area contributed by atoms with Crippen LogP contribution in [0, 0.1) is 30.5 Å². The summed E-state index contributed by atoms with van der Waals surface area (Å²) in [4.78, 5) is 54.9. The van der Waals surface area contributed by atoms with Crippen molar-refractivity contribution in [3.05, 3.63) is 88.2 Å². The average molecular weight is 714 g/mol. The number of hydrogen-bond donors (Lipinski definition) is 1. The highest BCUT2D eigenvalue weighted by atomic mass is 35.5. The standard InChI is InChI=1S/C35H28Cl3FN2O7/c1-16-4-7-19(12-24(16)36)40-30(43)22-11-10-21-23(27(22)31(40)44)15-34(37)32(45)41(18-8-5-17(39)6-9-18)33(46)35(34,38)29(21)28-25(47-2)13-20(42)14-26(28)48-3/h4-10,12-14,22-23,27,29,42H,11,15H2,1-3H3/t22-,23+,27-,29+,34+,35-/m0/s1. The molecule has 3 fully saturated rings. The summed E-state index contributed by atoms with van der Waals surface area (Å²) in [6.07, 6.45) is 1.63. The molecule has 7 rings (SSSR count). The van der Waals surface area contributed by atoms with Crippen LogP contribution >= 0.6 is 34.8 Å². The minimum atomic E-state index is -2.22. The zero-order chi connectivity index (χ0) is 34.4. The third-order valence-electron chi connectivity index (χ3n) is 10.1. The van der Waals surface area contributed by atoms with E-state index in [2.05, 4.69) is 0 Å². The van der Waals surface area contributed by atoms with Gasteiger partial charge in [-0.2, -0.15) is 0 Å². The summed E-state index contributed by atoms with van der Waals surface area (Å²) in [5.41, 5.74) is 1.84. The quantitative estimate of drug-likeness (QED) is 0.188. The van der Waals surface area contributed by atoms with Crippen LogP contribution < -0.4 is 19.3 Å². The Morgan fingerprint density at radius 3 is 2.08 bits per heavy atom. The summed E-state index contributed by atoms with van der Waals surface area (Å²) in [5.74, 6) is -7.11. The van der Waals surface area contributed by atoms with Gasteiger partial charge in [-0.05, 0) is 67.6 Å². The van der Waals surface area contributed by atoms with Crippen molar-refractivity contribution in [2.45, 2.75) is 35.4 Å². The molecule has 4 aliphatic rings. The summed E-state index contributed by atoms with van der Waals surface area (Å²) in [6, 6.07) is 12.3. The van der Waals surface area contributed by atoms with Gasteiger partial charge in [0.2, 0.25) is 11.8 Å². The van der Waals surface area contributed by atoms with Crippen LogP contribution in [0.15, 0.2) is 66.2 Å². The molecular formula is C35H28Cl3FN2O7. The van der Waals surface area contributed by atoms with E-state index >= 15 is 0 Å². The van der Waals surface area contributed by atoms with Crippen LogP contribution in [0.3, 0.4) is 0 Å². The number of alkyl halides is 2. The topological polar surface area (TPSA) is 113 Å². The fourth-order valence-corrected chi connectivity index (χ4v) is 8.99. The molecule has 0 unspecified atom stereocenters. The molecule has 2 saturated heterocycles. The maximum Gasteiger partial charge on any atom is 0.258 e. The zero-order valence-electron chi connectivity index (χ0n) is 25.8. The van der Waals surface area contributed by atoms with Gasteiger partial charge in [-0.1, -0.05) is 29.3 Å². The lowest BCUT2D eigenvalue weighted by Crippen LogP contribution is -2.60. The number of rotatable bonds is 5. The summed E-state index contributed by atoms with van der Waals surface area (Å²) in [6.45, 7) is 1.80. The van der Waals surface area contributed by atoms with E-state index < -0.39 is 62.9 Å². The van der Waals surface area contributed by atoms with Crippen molar-refractivity contribution in [2.24, 2.45) is 17.8 Å². The Morgan fingerprint density at radius 2 is 1.48 bits per heavy atom. The highest BCUT2D eigenvalue weighted by Gasteiger charge is 2.77. The molecule has 48 heavy (non-hydrogen) atoms. The van der Waals surface area contributed by atoms with Gasteiger partial charge in [-0.15, -0.1) is 23.2 Å². The highest BCUT2D eigenvalue weighted by Crippen LogP contribution is 2.67. The second-order valence-electron chi connectivity index (χ2n) is 12.5. The molecule has 0 bridgehead atoms. The molecule has 4 amide bonds. The number of aromatic hydroxyl groups is 1. The molecule has 2 aliphatic heterocycles. The maximum atomic E-state index is 14.6. The van der Waals surface area contributed by atoms with E-state index in [0.29, 0.717) is 16.3 Å². The van der Waals surface area contributed by atoms with Gasteiger partial charge in [0.15, 0.2) is 9.75 Å². The van der Waals surface area contributed by atoms with Crippen molar-refractivity contribution in [2.75, 3.05) is 24.0 Å². The molecule has 3 aromatic rings. The van der Waals surface area contributed by atoms with Gasteiger partial charge >= 0.3 is 0 Å². The van der Waals surface area contributed by atoms with Crippen molar-refractivity contribution in [3.63, 3.8) is 0 Å². The third-order valence-corrected chi connectivity index (χ3v) is 11.9. The Labute approximate surface area is 289 Å². The Bertz CT molecular complexity index is 1940. The summed E-state index contributed by atoms with van der Waals surface area (Å²) in [5, 5.41) is 10.9. The number of halogens is 4. The number of hydrogen-bond acceptors (Lipinski definition) is 7. The molecule has 1 saturated carbocycles. The number of imide groups is 2. The first-order chi connectivity index (χ1) is 22.8. The normalized spacial score (nSPS) is 29.4. The number of carbonyl (C=O) groups excluding carboxylic acids is 4. The number of aryl methyl sites for hydroxylation is 1. The lowest BCUT2D eigenvalue weighted by molar-refractivity contribution is -0.125. The molecule has 0 radical (unpaired) electrons. The van der Waals surface area contributed by atoms with Crippen LogP contribution in [-0.4, -0.2) is 52.7 Å². The number of amides is 4. The first-order valence-electron chi connectivity index (χ1n) is 15.1. The van der Waals surface area contributed by atoms with Gasteiger partial charge < -0.3 is 14.6 Å². The van der Waals surface area contributed by atoms with E-state index in [1.165, 1.54) is 38.5 Å². The predicted molar refractivity (Wildman–Crippen MR) is 176 cm³/mol. The number of phenols is 1. The lowest BCUT2D eigenvalue weighted by Gasteiger charge is -2.51. The fraction of sp³-hybridized carbons (Fsp3) is 0.314. The van der Waals surface area contributed by atoms with Crippen molar-refractivity contribution in [3.8, 4) is 17.2 Å². The van der Waals surface area contributed by atoms with Crippen LogP contribution in [-0.2, 0) is 19.2 Å². The van der Waals surface area contributed by atoms with Crippen molar-refractivity contribution in [1.82, 2.24) is 0 Å². The summed E-state index contributed by atoms with van der Waals surface area (Å²) >= 11 is 21.3. The van der Waals surface area contributed by atoms with E-state index in [9.17, 15) is 28.7 Å². The largest absolute Gasteiger partial charge is 0.508 e. The Hall–Kier alpha value is -4.12. The van der Waals surface area contributed by atoms with Crippen LogP contribution in [0.1, 0.15) is 29.9 Å². The Balaban J connectivity index is 1.44. The van der Waals surface area contributed by atoms with Crippen molar-refractivity contribution < 1.29 is 38.1 Å². The minimum Gasteiger partial charge on any atom is -0.508 e. The Kier molecular flexibility index (Phi) is 7.58. The Morgan fingerprint density at radius 1 is 0.854 bits per heavy atom. The third kappa shape index (κ3) is 4.28. The molecule has 6 atom stereocenters. The molecule has 248 valence electrons. The van der Waals surface area contributed by atoms with Crippen molar-refractivity contribution in [1.29, 1.82) is 0 Å². The van der Waals surface area contributed by atoms with E-state index in [0.717, 1.165) is 27.5 Å². The van der Waals surface area contributed by atoms with Crippen LogP contribution in [0.4, 0.5) is 15.8 Å². The van der Waals surface area contributed by atoms with Crippen LogP contribution in [0.25, 0.3) is 0 Å². The van der Waals surface area contributed by atoms with E-state index in [1.807, 2.05) is 0 Å². The number of nitrogens with zero attached hydrogens (tertiary/aromatic N) is 2. The van der Waals surface area contributed by atoms with E-state index in [1.54, 1.807) is 31.2 Å². The van der Waals surface area contributed by atoms with Gasteiger partial charge in [0.25, 0.3) is 11.8 Å². The second-order valence-corrected chi connectivity index (χ2v) is 14.1. The van der Waals surface area contributed by atoms with Gasteiger partial charge in [-0.3, -0.25) is 19.2 Å². The smallest absolute Gasteiger partial charge is 0.258 e. The van der Waals surface area contributed by atoms with Gasteiger partial charge in [0.05, 0.1) is 37.4 Å². The molecule has 1 N–H and O–H groups in total. The summed E-state index contributed by atoms with van der Waals surface area (Å²) < 4.78 is 25.3. The predicted octanol–water partition coefficient (Wildman–Crippen LogP) is 6.28. The molecule has 2 aliphatic carbocycles. The molecule has 0 aromatic heterocycles. The van der Waals surface area contributed by atoms with E-state index in [4.69, 9.17) is 44.3 Å². The van der Waals surface area contributed by atoms with Crippen LogP contribution in [0.2, 0.25) is 5.02 Å². The minimum absolute atomic E-state index is 0.0496. The number of benzene rings is 3. The average Bonchev–Trinajstić information content (AvgIpc) is 3.40. The van der Waals surface area contributed by atoms with Gasteiger partial charge in [0.1, 0.15) is 23.1 Å². The number of ether oxygens (including phenoxy) is 2. The number of fused-ring (bicyclic) bond motifs is 4. The van der Waals surface area contributed by atoms with Gasteiger partial charge in [0, 0.05) is 28.6 Å². The molecule has 3 aromatic carbocycles. The number of anilines is 2. The molecular weight excluding hydrogens is 686 g/mol. The first kappa shape index (κ1) is 32.4. The molecule has 0 spiro atoms. The fourth-order valence-electron chi connectivity index (χ4n) is 7.90. The van der Waals surface area contributed by atoms with Gasteiger partial charge in [-0.25, -0.2) is 14.2 Å². The highest BCUT2D eigenvalue weighted by molar-refractivity contribution is 6.58. The molecule has 9 nitrogen and oxygen atoms in total. The summed E-state index contributed by atoms with van der Waals surface area (Å²) in [7, 11) is 2.71.